The van der Waals surface area contributed by atoms with E-state index in [1.54, 1.807) is 6.92 Å². The van der Waals surface area contributed by atoms with Gasteiger partial charge >= 0.3 is 0 Å². The Hall–Kier alpha value is -0.920. The molecule has 1 aliphatic carbocycles. The van der Waals surface area contributed by atoms with Crippen molar-refractivity contribution in [1.82, 2.24) is 19.2 Å². The lowest BCUT2D eigenvalue weighted by molar-refractivity contribution is 0.296. The van der Waals surface area contributed by atoms with Gasteiger partial charge in [-0.3, -0.25) is 4.90 Å². The molecule has 1 saturated carbocycles. The molecule has 2 fully saturated rings. The van der Waals surface area contributed by atoms with Gasteiger partial charge in [0.05, 0.1) is 12.3 Å². The van der Waals surface area contributed by atoms with E-state index in [1.165, 1.54) is 12.8 Å². The minimum Gasteiger partial charge on any atom is -0.334 e. The number of imidazole rings is 1. The van der Waals surface area contributed by atoms with Gasteiger partial charge in [-0.1, -0.05) is 6.92 Å². The highest BCUT2D eigenvalue weighted by molar-refractivity contribution is 7.89. The molecule has 0 spiro atoms. The monoisotopic (exact) mass is 340 g/mol. The first kappa shape index (κ1) is 16.9. The van der Waals surface area contributed by atoms with Crippen LogP contribution in [0.2, 0.25) is 0 Å². The molecule has 130 valence electrons. The van der Waals surface area contributed by atoms with Gasteiger partial charge in [0.2, 0.25) is 10.0 Å². The molecule has 0 radical (unpaired) electrons. The zero-order chi connectivity index (χ0) is 16.4. The number of nitrogens with one attached hydrogen (secondary N) is 1. The topological polar surface area (TPSA) is 67.2 Å². The molecular formula is C16H28N4O2S. The van der Waals surface area contributed by atoms with Crippen molar-refractivity contribution in [3.8, 4) is 0 Å². The van der Waals surface area contributed by atoms with Crippen molar-refractivity contribution in [2.75, 3.05) is 18.8 Å². The lowest BCUT2D eigenvalue weighted by Crippen LogP contribution is -2.41. The van der Waals surface area contributed by atoms with E-state index in [-0.39, 0.29) is 11.8 Å². The Balaban J connectivity index is 1.66. The highest BCUT2D eigenvalue weighted by atomic mass is 32.2. The van der Waals surface area contributed by atoms with E-state index in [4.69, 9.17) is 0 Å². The molecule has 23 heavy (non-hydrogen) atoms. The standard InChI is InChI=1S/C16H28N4O2S/c1-3-8-20-9-7-17-16(20)12-19-10-14(13-5-6-13)15(11-19)18-23(21,22)4-2/h7,9,13-15,18H,3-6,8,10-12H2,1-2H3/t14-,15+/m0/s1. The molecule has 1 saturated heterocycles. The van der Waals surface area contributed by atoms with E-state index in [1.807, 2.05) is 12.4 Å². The predicted molar refractivity (Wildman–Crippen MR) is 90.4 cm³/mol. The van der Waals surface area contributed by atoms with E-state index in [0.717, 1.165) is 38.4 Å². The minimum absolute atomic E-state index is 0.0574. The Morgan fingerprint density at radius 3 is 2.74 bits per heavy atom. The van der Waals surface area contributed by atoms with Crippen LogP contribution in [0.4, 0.5) is 0 Å². The van der Waals surface area contributed by atoms with Crippen LogP contribution in [-0.2, 0) is 23.1 Å². The number of hydrogen-bond acceptors (Lipinski definition) is 4. The summed E-state index contributed by atoms with van der Waals surface area (Å²) in [5.41, 5.74) is 0. The average Bonchev–Trinajstić information content (AvgIpc) is 3.16. The fourth-order valence-corrected chi connectivity index (χ4v) is 4.50. The second kappa shape index (κ2) is 6.91. The first-order valence-corrected chi connectivity index (χ1v) is 10.4. The minimum atomic E-state index is -3.14. The molecule has 6 nitrogen and oxygen atoms in total. The molecule has 0 bridgehead atoms. The third kappa shape index (κ3) is 4.14. The van der Waals surface area contributed by atoms with E-state index in [9.17, 15) is 8.42 Å². The highest BCUT2D eigenvalue weighted by Crippen LogP contribution is 2.41. The van der Waals surface area contributed by atoms with Crippen molar-refractivity contribution in [2.45, 2.75) is 52.2 Å². The van der Waals surface area contributed by atoms with E-state index >= 15 is 0 Å². The third-order valence-corrected chi connectivity index (χ3v) is 6.43. The maximum Gasteiger partial charge on any atom is 0.211 e. The molecule has 1 aliphatic heterocycles. The van der Waals surface area contributed by atoms with E-state index in [0.29, 0.717) is 11.8 Å². The number of likely N-dealkylation sites (tertiary alicyclic amines) is 1. The molecule has 1 aromatic rings. The number of aromatic nitrogens is 2. The molecular weight excluding hydrogens is 312 g/mol. The van der Waals surface area contributed by atoms with Gasteiger partial charge in [-0.15, -0.1) is 0 Å². The van der Waals surface area contributed by atoms with Crippen molar-refractivity contribution in [2.24, 2.45) is 11.8 Å². The van der Waals surface area contributed by atoms with Gasteiger partial charge < -0.3 is 4.57 Å². The summed E-state index contributed by atoms with van der Waals surface area (Å²) in [4.78, 5) is 6.84. The number of sulfonamides is 1. The van der Waals surface area contributed by atoms with Gasteiger partial charge in [0, 0.05) is 38.1 Å². The first-order valence-electron chi connectivity index (χ1n) is 8.74. The molecule has 0 amide bonds. The summed E-state index contributed by atoms with van der Waals surface area (Å²) in [5.74, 6) is 2.38. The lowest BCUT2D eigenvalue weighted by atomic mass is 9.99. The Morgan fingerprint density at radius 1 is 1.30 bits per heavy atom. The highest BCUT2D eigenvalue weighted by Gasteiger charge is 2.43. The van der Waals surface area contributed by atoms with Gasteiger partial charge in [0.25, 0.3) is 0 Å². The van der Waals surface area contributed by atoms with Crippen molar-refractivity contribution < 1.29 is 8.42 Å². The van der Waals surface area contributed by atoms with Crippen LogP contribution in [0.3, 0.4) is 0 Å². The molecule has 2 aliphatic rings. The smallest absolute Gasteiger partial charge is 0.211 e. The summed E-state index contributed by atoms with van der Waals surface area (Å²) < 4.78 is 29.1. The Bertz CT molecular complexity index is 624. The van der Waals surface area contributed by atoms with Crippen LogP contribution < -0.4 is 4.72 Å². The number of rotatable bonds is 8. The van der Waals surface area contributed by atoms with Crippen LogP contribution in [-0.4, -0.2) is 47.8 Å². The molecule has 0 aromatic carbocycles. The quantitative estimate of drug-likeness (QED) is 0.778. The van der Waals surface area contributed by atoms with Crippen molar-refractivity contribution in [1.29, 1.82) is 0 Å². The number of aryl methyl sites for hydroxylation is 1. The van der Waals surface area contributed by atoms with Gasteiger partial charge in [-0.25, -0.2) is 18.1 Å². The van der Waals surface area contributed by atoms with Crippen molar-refractivity contribution >= 4 is 10.0 Å². The lowest BCUT2D eigenvalue weighted by Gasteiger charge is -2.18. The first-order chi connectivity index (χ1) is 11.0. The Morgan fingerprint density at radius 2 is 2.09 bits per heavy atom. The van der Waals surface area contributed by atoms with Crippen LogP contribution in [0, 0.1) is 11.8 Å². The SMILES string of the molecule is CCCn1ccnc1CN1C[C@@H](NS(=O)(=O)CC)[C@H](C2CC2)C1. The van der Waals surface area contributed by atoms with Crippen LogP contribution in [0.25, 0.3) is 0 Å². The maximum atomic E-state index is 12.0. The van der Waals surface area contributed by atoms with Crippen LogP contribution in [0.5, 0.6) is 0 Å². The second-order valence-electron chi connectivity index (χ2n) is 6.86. The van der Waals surface area contributed by atoms with Gasteiger partial charge in [-0.2, -0.15) is 0 Å². The van der Waals surface area contributed by atoms with Gasteiger partial charge in [-0.05, 0) is 38.0 Å². The number of nitrogens with zero attached hydrogens (tertiary/aromatic N) is 3. The van der Waals surface area contributed by atoms with Gasteiger partial charge in [0.15, 0.2) is 0 Å². The molecule has 3 rings (SSSR count). The summed E-state index contributed by atoms with van der Waals surface area (Å²) in [6.07, 6.45) is 7.47. The zero-order valence-corrected chi connectivity index (χ0v) is 14.9. The molecule has 1 N–H and O–H groups in total. The normalized spacial score (nSPS) is 26.0. The molecule has 7 heteroatoms. The summed E-state index contributed by atoms with van der Waals surface area (Å²) in [6.45, 7) is 7.42. The predicted octanol–water partition coefficient (Wildman–Crippen LogP) is 1.44. The van der Waals surface area contributed by atoms with Crippen LogP contribution in [0.1, 0.15) is 38.9 Å². The zero-order valence-electron chi connectivity index (χ0n) is 14.1. The summed E-state index contributed by atoms with van der Waals surface area (Å²) >= 11 is 0. The summed E-state index contributed by atoms with van der Waals surface area (Å²) in [6, 6.07) is 0.0574. The Labute approximate surface area is 139 Å². The molecule has 2 atom stereocenters. The number of hydrogen-bond donors (Lipinski definition) is 1. The van der Waals surface area contributed by atoms with Crippen molar-refractivity contribution in [3.05, 3.63) is 18.2 Å². The van der Waals surface area contributed by atoms with E-state index in [2.05, 4.69) is 26.1 Å². The summed E-state index contributed by atoms with van der Waals surface area (Å²) in [7, 11) is -3.14. The fourth-order valence-electron chi connectivity index (χ4n) is 3.62. The molecule has 2 heterocycles. The molecule has 0 unspecified atom stereocenters. The van der Waals surface area contributed by atoms with Crippen LogP contribution >= 0.6 is 0 Å². The van der Waals surface area contributed by atoms with Crippen LogP contribution in [0.15, 0.2) is 12.4 Å². The average molecular weight is 340 g/mol. The summed E-state index contributed by atoms with van der Waals surface area (Å²) in [5, 5.41) is 0. The van der Waals surface area contributed by atoms with E-state index < -0.39 is 10.0 Å². The second-order valence-corrected chi connectivity index (χ2v) is 8.90. The third-order valence-electron chi connectivity index (χ3n) is 5.01. The largest absolute Gasteiger partial charge is 0.334 e. The molecule has 1 aromatic heterocycles. The fraction of sp³-hybridized carbons (Fsp3) is 0.812. The maximum absolute atomic E-state index is 12.0. The Kier molecular flexibility index (Phi) is 5.08. The van der Waals surface area contributed by atoms with Crippen molar-refractivity contribution in [3.63, 3.8) is 0 Å². The van der Waals surface area contributed by atoms with Gasteiger partial charge in [0.1, 0.15) is 5.82 Å².